The SMILES string of the molecule is Cc1cc(NC(CCO)c2cccs2)nc(-c2ccc([N+](=O)[O-])cc2)n1. The van der Waals surface area contributed by atoms with Gasteiger partial charge in [0.2, 0.25) is 0 Å². The summed E-state index contributed by atoms with van der Waals surface area (Å²) in [6.45, 7) is 1.93. The molecule has 0 spiro atoms. The maximum atomic E-state index is 10.8. The molecule has 7 nitrogen and oxygen atoms in total. The molecule has 2 N–H and O–H groups in total. The number of nitrogens with one attached hydrogen (secondary N) is 1. The molecule has 0 saturated carbocycles. The molecule has 3 rings (SSSR count). The van der Waals surface area contributed by atoms with Crippen LogP contribution in [-0.4, -0.2) is 26.6 Å². The third-order valence-electron chi connectivity index (χ3n) is 3.82. The zero-order valence-electron chi connectivity index (χ0n) is 14.1. The lowest BCUT2D eigenvalue weighted by molar-refractivity contribution is -0.384. The van der Waals surface area contributed by atoms with Gasteiger partial charge in [0, 0.05) is 40.9 Å². The first kappa shape index (κ1) is 18.0. The number of nitrogens with zero attached hydrogens (tertiary/aromatic N) is 3. The molecule has 0 radical (unpaired) electrons. The topological polar surface area (TPSA) is 101 Å². The Morgan fingerprint density at radius 1 is 1.27 bits per heavy atom. The van der Waals surface area contributed by atoms with Crippen molar-refractivity contribution in [2.75, 3.05) is 11.9 Å². The van der Waals surface area contributed by atoms with Gasteiger partial charge in [0.15, 0.2) is 5.82 Å². The fraction of sp³-hybridized carbons (Fsp3) is 0.222. The van der Waals surface area contributed by atoms with Crippen LogP contribution in [0.4, 0.5) is 11.5 Å². The van der Waals surface area contributed by atoms with E-state index in [1.165, 1.54) is 12.1 Å². The second-order valence-electron chi connectivity index (χ2n) is 5.75. The molecule has 2 aromatic heterocycles. The van der Waals surface area contributed by atoms with Gasteiger partial charge in [-0.05, 0) is 36.9 Å². The van der Waals surface area contributed by atoms with Crippen molar-refractivity contribution in [3.8, 4) is 11.4 Å². The van der Waals surface area contributed by atoms with Gasteiger partial charge in [-0.1, -0.05) is 6.07 Å². The summed E-state index contributed by atoms with van der Waals surface area (Å²) in [6.07, 6.45) is 0.566. The van der Waals surface area contributed by atoms with Crippen molar-refractivity contribution >= 4 is 22.8 Å². The Kier molecular flexibility index (Phi) is 5.55. The summed E-state index contributed by atoms with van der Waals surface area (Å²) in [7, 11) is 0. The molecule has 3 aromatic rings. The molecule has 134 valence electrons. The minimum atomic E-state index is -0.436. The van der Waals surface area contributed by atoms with Gasteiger partial charge >= 0.3 is 0 Å². The van der Waals surface area contributed by atoms with Crippen LogP contribution in [0.25, 0.3) is 11.4 Å². The molecule has 1 aromatic carbocycles. The van der Waals surface area contributed by atoms with Gasteiger partial charge in [-0.25, -0.2) is 9.97 Å². The molecule has 1 atom stereocenters. The van der Waals surface area contributed by atoms with E-state index in [-0.39, 0.29) is 18.3 Å². The summed E-state index contributed by atoms with van der Waals surface area (Å²) in [5, 5.41) is 25.5. The van der Waals surface area contributed by atoms with Crippen molar-refractivity contribution in [3.63, 3.8) is 0 Å². The molecule has 0 saturated heterocycles. The van der Waals surface area contributed by atoms with E-state index in [0.29, 0.717) is 23.6 Å². The average Bonchev–Trinajstić information content (AvgIpc) is 3.15. The summed E-state index contributed by atoms with van der Waals surface area (Å²) in [6, 6.07) is 11.9. The standard InChI is InChI=1S/C18H18N4O3S/c1-12-11-17(20-15(8-9-23)16-3-2-10-26-16)21-18(19-12)13-4-6-14(7-5-13)22(24)25/h2-7,10-11,15,23H,8-9H2,1H3,(H,19,20,21). The van der Waals surface area contributed by atoms with Crippen LogP contribution in [0.1, 0.15) is 23.0 Å². The Bertz CT molecular complexity index is 882. The Morgan fingerprint density at radius 3 is 2.65 bits per heavy atom. The third kappa shape index (κ3) is 4.22. The molecule has 0 bridgehead atoms. The first-order valence-corrected chi connectivity index (χ1v) is 8.96. The lowest BCUT2D eigenvalue weighted by Gasteiger charge is -2.18. The highest BCUT2D eigenvalue weighted by Gasteiger charge is 2.14. The number of aromatic nitrogens is 2. The lowest BCUT2D eigenvalue weighted by Crippen LogP contribution is -2.13. The number of nitro groups is 1. The highest BCUT2D eigenvalue weighted by atomic mass is 32.1. The highest BCUT2D eigenvalue weighted by molar-refractivity contribution is 7.10. The minimum absolute atomic E-state index is 0.0282. The number of aryl methyl sites for hydroxylation is 1. The third-order valence-corrected chi connectivity index (χ3v) is 4.80. The number of aliphatic hydroxyl groups is 1. The van der Waals surface area contributed by atoms with E-state index in [1.807, 2.05) is 30.5 Å². The number of anilines is 1. The van der Waals surface area contributed by atoms with E-state index in [9.17, 15) is 15.2 Å². The van der Waals surface area contributed by atoms with Crippen molar-refractivity contribution in [3.05, 3.63) is 68.5 Å². The van der Waals surface area contributed by atoms with Gasteiger partial charge in [0.05, 0.1) is 11.0 Å². The van der Waals surface area contributed by atoms with Crippen LogP contribution < -0.4 is 5.32 Å². The van der Waals surface area contributed by atoms with Gasteiger partial charge in [-0.15, -0.1) is 11.3 Å². The van der Waals surface area contributed by atoms with Gasteiger partial charge in [-0.2, -0.15) is 0 Å². The predicted molar refractivity (Wildman–Crippen MR) is 101 cm³/mol. The molecule has 8 heteroatoms. The Hall–Kier alpha value is -2.84. The summed E-state index contributed by atoms with van der Waals surface area (Å²) in [5.41, 5.74) is 1.52. The van der Waals surface area contributed by atoms with Gasteiger partial charge in [0.1, 0.15) is 5.82 Å². The number of thiophene rings is 1. The second-order valence-corrected chi connectivity index (χ2v) is 6.73. The minimum Gasteiger partial charge on any atom is -0.396 e. The van der Waals surface area contributed by atoms with Crippen LogP contribution >= 0.6 is 11.3 Å². The van der Waals surface area contributed by atoms with Gasteiger partial charge in [-0.3, -0.25) is 10.1 Å². The van der Waals surface area contributed by atoms with Crippen LogP contribution in [0.15, 0.2) is 47.8 Å². The molecule has 2 heterocycles. The number of rotatable bonds is 7. The molecular formula is C18H18N4O3S. The molecule has 0 aliphatic rings. The normalized spacial score (nSPS) is 11.9. The smallest absolute Gasteiger partial charge is 0.269 e. The van der Waals surface area contributed by atoms with E-state index in [1.54, 1.807) is 23.5 Å². The number of non-ortho nitro benzene ring substituents is 1. The Balaban J connectivity index is 1.88. The van der Waals surface area contributed by atoms with Gasteiger partial charge < -0.3 is 10.4 Å². The average molecular weight is 370 g/mol. The molecule has 0 aliphatic heterocycles. The highest BCUT2D eigenvalue weighted by Crippen LogP contribution is 2.27. The summed E-state index contributed by atoms with van der Waals surface area (Å²) in [4.78, 5) is 20.4. The predicted octanol–water partition coefficient (Wildman–Crippen LogP) is 3.96. The maximum absolute atomic E-state index is 10.8. The van der Waals surface area contributed by atoms with Crippen LogP contribution in [0.5, 0.6) is 0 Å². The second kappa shape index (κ2) is 8.03. The van der Waals surface area contributed by atoms with E-state index in [2.05, 4.69) is 15.3 Å². The first-order chi connectivity index (χ1) is 12.6. The number of hydrogen-bond donors (Lipinski definition) is 2. The fourth-order valence-corrected chi connectivity index (χ4v) is 3.40. The molecule has 0 amide bonds. The zero-order chi connectivity index (χ0) is 18.5. The molecule has 1 unspecified atom stereocenters. The molecule has 26 heavy (non-hydrogen) atoms. The molecule has 0 aliphatic carbocycles. The van der Waals surface area contributed by atoms with Crippen molar-refractivity contribution in [1.29, 1.82) is 0 Å². The quantitative estimate of drug-likeness (QED) is 0.482. The first-order valence-electron chi connectivity index (χ1n) is 8.08. The zero-order valence-corrected chi connectivity index (χ0v) is 14.9. The summed E-state index contributed by atoms with van der Waals surface area (Å²) < 4.78 is 0. The number of nitro benzene ring substituents is 1. The largest absolute Gasteiger partial charge is 0.396 e. The van der Waals surface area contributed by atoms with Crippen LogP contribution in [0, 0.1) is 17.0 Å². The molecule has 0 fully saturated rings. The van der Waals surface area contributed by atoms with Crippen LogP contribution in [0.3, 0.4) is 0 Å². The molecular weight excluding hydrogens is 352 g/mol. The lowest BCUT2D eigenvalue weighted by atomic mass is 10.1. The van der Waals surface area contributed by atoms with Gasteiger partial charge in [0.25, 0.3) is 5.69 Å². The summed E-state index contributed by atoms with van der Waals surface area (Å²) in [5.74, 6) is 1.15. The van der Waals surface area contributed by atoms with E-state index in [4.69, 9.17) is 0 Å². The van der Waals surface area contributed by atoms with Crippen molar-refractivity contribution < 1.29 is 10.0 Å². The van der Waals surface area contributed by atoms with E-state index in [0.717, 1.165) is 10.6 Å². The van der Waals surface area contributed by atoms with Crippen molar-refractivity contribution in [2.45, 2.75) is 19.4 Å². The number of aliphatic hydroxyl groups excluding tert-OH is 1. The fourth-order valence-electron chi connectivity index (χ4n) is 2.59. The van der Waals surface area contributed by atoms with Crippen molar-refractivity contribution in [2.24, 2.45) is 0 Å². The number of benzene rings is 1. The van der Waals surface area contributed by atoms with E-state index >= 15 is 0 Å². The van der Waals surface area contributed by atoms with Crippen LogP contribution in [-0.2, 0) is 0 Å². The summed E-state index contributed by atoms with van der Waals surface area (Å²) >= 11 is 1.62. The maximum Gasteiger partial charge on any atom is 0.269 e. The Labute approximate surface area is 154 Å². The Morgan fingerprint density at radius 2 is 2.04 bits per heavy atom. The van der Waals surface area contributed by atoms with Crippen LogP contribution in [0.2, 0.25) is 0 Å². The van der Waals surface area contributed by atoms with Crippen molar-refractivity contribution in [1.82, 2.24) is 9.97 Å². The van der Waals surface area contributed by atoms with E-state index < -0.39 is 4.92 Å². The monoisotopic (exact) mass is 370 g/mol. The number of hydrogen-bond acceptors (Lipinski definition) is 7.